The number of carbonyl (C=O) groups is 2. The van der Waals surface area contributed by atoms with Gasteiger partial charge in [-0.15, -0.1) is 11.3 Å². The highest BCUT2D eigenvalue weighted by Crippen LogP contribution is 2.46. The highest BCUT2D eigenvalue weighted by atomic mass is 32.1. The Balaban J connectivity index is 1.34. The molecule has 1 saturated heterocycles. The third-order valence-electron chi connectivity index (χ3n) is 7.24. The highest BCUT2D eigenvalue weighted by molar-refractivity contribution is 7.12. The molecule has 168 valence electrons. The number of hydrogen-bond acceptors (Lipinski definition) is 4. The van der Waals surface area contributed by atoms with Gasteiger partial charge in [0, 0.05) is 59.5 Å². The zero-order valence-corrected chi connectivity index (χ0v) is 20.4. The van der Waals surface area contributed by atoms with Gasteiger partial charge in [0.2, 0.25) is 0 Å². The molecule has 5 nitrogen and oxygen atoms in total. The number of thiazole rings is 1. The lowest BCUT2D eigenvalue weighted by Gasteiger charge is -2.43. The maximum Gasteiger partial charge on any atom is 0.253 e. The molecule has 2 aromatic heterocycles. The van der Waals surface area contributed by atoms with E-state index in [4.69, 9.17) is 4.98 Å². The van der Waals surface area contributed by atoms with E-state index in [1.807, 2.05) is 30.3 Å². The molecule has 0 N–H and O–H groups in total. The van der Waals surface area contributed by atoms with Gasteiger partial charge in [-0.3, -0.25) is 9.59 Å². The van der Waals surface area contributed by atoms with E-state index in [0.717, 1.165) is 45.8 Å². The number of nitrogens with zero attached hydrogens (tertiary/aromatic N) is 3. The van der Waals surface area contributed by atoms with Crippen molar-refractivity contribution in [3.05, 3.63) is 51.1 Å². The number of piperidine rings is 1. The summed E-state index contributed by atoms with van der Waals surface area (Å²) in [6.45, 7) is 9.92. The maximum absolute atomic E-state index is 13.3. The van der Waals surface area contributed by atoms with E-state index in [-0.39, 0.29) is 22.5 Å². The summed E-state index contributed by atoms with van der Waals surface area (Å²) in [6, 6.07) is 6.12. The second kappa shape index (κ2) is 7.27. The van der Waals surface area contributed by atoms with Crippen molar-refractivity contribution in [3.63, 3.8) is 0 Å². The van der Waals surface area contributed by atoms with E-state index in [9.17, 15) is 9.59 Å². The Morgan fingerprint density at radius 1 is 1.16 bits per heavy atom. The van der Waals surface area contributed by atoms with E-state index >= 15 is 0 Å². The van der Waals surface area contributed by atoms with Crippen molar-refractivity contribution in [1.29, 1.82) is 0 Å². The second-order valence-corrected chi connectivity index (χ2v) is 11.8. The fourth-order valence-corrected chi connectivity index (χ4v) is 6.55. The summed E-state index contributed by atoms with van der Waals surface area (Å²) in [4.78, 5) is 34.1. The fraction of sp³-hybridized carbons (Fsp3) is 0.500. The Morgan fingerprint density at radius 3 is 2.56 bits per heavy atom. The van der Waals surface area contributed by atoms with Crippen molar-refractivity contribution in [2.24, 2.45) is 12.5 Å². The average Bonchev–Trinajstić information content (AvgIpc) is 3.32. The summed E-state index contributed by atoms with van der Waals surface area (Å²) in [7, 11) is 2.01. The molecule has 0 bridgehead atoms. The van der Waals surface area contributed by atoms with E-state index in [0.29, 0.717) is 25.2 Å². The summed E-state index contributed by atoms with van der Waals surface area (Å²) in [5.41, 5.74) is 3.61. The van der Waals surface area contributed by atoms with Crippen molar-refractivity contribution < 1.29 is 9.59 Å². The van der Waals surface area contributed by atoms with Gasteiger partial charge in [0.05, 0.1) is 5.01 Å². The Morgan fingerprint density at radius 2 is 1.88 bits per heavy atom. The zero-order chi connectivity index (χ0) is 22.8. The minimum Gasteiger partial charge on any atom is -0.351 e. The van der Waals surface area contributed by atoms with Gasteiger partial charge in [-0.05, 0) is 55.4 Å². The van der Waals surface area contributed by atoms with Crippen molar-refractivity contribution in [1.82, 2.24) is 14.5 Å². The molecule has 0 saturated carbocycles. The van der Waals surface area contributed by atoms with Crippen molar-refractivity contribution in [2.45, 2.75) is 58.8 Å². The smallest absolute Gasteiger partial charge is 0.253 e. The molecule has 1 aliphatic carbocycles. The Kier molecular flexibility index (Phi) is 4.86. The molecule has 1 aromatic carbocycles. The van der Waals surface area contributed by atoms with Gasteiger partial charge in [-0.2, -0.15) is 0 Å². The van der Waals surface area contributed by atoms with Crippen LogP contribution >= 0.6 is 11.3 Å². The van der Waals surface area contributed by atoms with Crippen LogP contribution in [0.4, 0.5) is 0 Å². The molecule has 6 heteroatoms. The summed E-state index contributed by atoms with van der Waals surface area (Å²) < 4.78 is 2.07. The lowest BCUT2D eigenvalue weighted by atomic mass is 9.68. The number of Topliss-reactive ketones (excluding diaryl/α,β-unsaturated/α-hetero) is 1. The molecule has 1 amide bonds. The van der Waals surface area contributed by atoms with Gasteiger partial charge in [0.15, 0.2) is 5.78 Å². The number of rotatable bonds is 1. The number of carbonyl (C=O) groups excluding carboxylic acids is 2. The number of benzene rings is 1. The second-order valence-electron chi connectivity index (χ2n) is 10.8. The molecular formula is C26H31N3O2S. The van der Waals surface area contributed by atoms with E-state index in [1.165, 1.54) is 5.39 Å². The number of likely N-dealkylation sites (tertiary alicyclic amines) is 1. The number of amides is 1. The molecular weight excluding hydrogens is 418 g/mol. The first-order valence-corrected chi connectivity index (χ1v) is 12.3. The van der Waals surface area contributed by atoms with Crippen LogP contribution in [0.25, 0.3) is 10.9 Å². The summed E-state index contributed by atoms with van der Waals surface area (Å²) in [6.07, 6.45) is 5.26. The zero-order valence-electron chi connectivity index (χ0n) is 19.6. The molecule has 1 spiro atoms. The molecule has 0 radical (unpaired) electrons. The minimum atomic E-state index is -0.0389. The first kappa shape index (κ1) is 21.4. The molecule has 3 aromatic rings. The quantitative estimate of drug-likeness (QED) is 0.507. The standard InChI is InChI=1S/C26H31N3O2S/c1-16-12-17(13-19-18(16)6-9-28(19)5)23(31)29-10-7-26(8-11-29)14-20(30)22-21(15-26)32-24(27-22)25(2,3)4/h6,9,12-13H,7-8,10-11,14-15H2,1-5H3. The van der Waals surface area contributed by atoms with Crippen LogP contribution in [0.5, 0.6) is 0 Å². The maximum atomic E-state index is 13.3. The SMILES string of the molecule is Cc1cc(C(=O)N2CCC3(CC2)CC(=O)c2nc(C(C)(C)C)sc2C3)cc2c1ccn2C. The van der Waals surface area contributed by atoms with E-state index < -0.39 is 0 Å². The van der Waals surface area contributed by atoms with Gasteiger partial charge in [-0.25, -0.2) is 4.98 Å². The van der Waals surface area contributed by atoms with Crippen LogP contribution < -0.4 is 0 Å². The van der Waals surface area contributed by atoms with Crippen molar-refractivity contribution >= 4 is 33.9 Å². The lowest BCUT2D eigenvalue weighted by Crippen LogP contribution is -2.46. The monoisotopic (exact) mass is 449 g/mol. The van der Waals surface area contributed by atoms with Crippen LogP contribution in [-0.4, -0.2) is 39.2 Å². The Labute approximate surface area is 193 Å². The highest BCUT2D eigenvalue weighted by Gasteiger charge is 2.43. The third kappa shape index (κ3) is 3.49. The summed E-state index contributed by atoms with van der Waals surface area (Å²) >= 11 is 1.71. The molecule has 32 heavy (non-hydrogen) atoms. The van der Waals surface area contributed by atoms with Gasteiger partial charge in [-0.1, -0.05) is 20.8 Å². The van der Waals surface area contributed by atoms with Crippen LogP contribution in [0.15, 0.2) is 24.4 Å². The van der Waals surface area contributed by atoms with Crippen LogP contribution in [0.2, 0.25) is 0 Å². The van der Waals surface area contributed by atoms with E-state index in [1.54, 1.807) is 11.3 Å². The summed E-state index contributed by atoms with van der Waals surface area (Å²) in [5.74, 6) is 0.282. The molecule has 5 rings (SSSR count). The van der Waals surface area contributed by atoms with Crippen LogP contribution in [0, 0.1) is 12.3 Å². The molecule has 3 heterocycles. The fourth-order valence-electron chi connectivity index (χ4n) is 5.24. The Hall–Kier alpha value is -2.47. The van der Waals surface area contributed by atoms with Crippen LogP contribution in [-0.2, 0) is 18.9 Å². The van der Waals surface area contributed by atoms with Crippen molar-refractivity contribution in [2.75, 3.05) is 13.1 Å². The molecule has 2 aliphatic rings. The van der Waals surface area contributed by atoms with E-state index in [2.05, 4.69) is 38.3 Å². The molecule has 0 unspecified atom stereocenters. The predicted octanol–water partition coefficient (Wildman–Crippen LogP) is 5.29. The number of ketones is 1. The number of fused-ring (bicyclic) bond motifs is 2. The van der Waals surface area contributed by atoms with Crippen molar-refractivity contribution in [3.8, 4) is 0 Å². The van der Waals surface area contributed by atoms with Crippen LogP contribution in [0.1, 0.15) is 76.3 Å². The Bertz CT molecular complexity index is 1240. The molecule has 1 aliphatic heterocycles. The van der Waals surface area contributed by atoms with Crippen LogP contribution in [0.3, 0.4) is 0 Å². The number of hydrogen-bond donors (Lipinski definition) is 0. The number of aryl methyl sites for hydroxylation is 2. The van der Waals surface area contributed by atoms with Gasteiger partial charge in [0.1, 0.15) is 5.69 Å². The average molecular weight is 450 g/mol. The first-order valence-electron chi connectivity index (χ1n) is 11.4. The molecule has 1 fully saturated rings. The first-order chi connectivity index (χ1) is 15.1. The third-order valence-corrected chi connectivity index (χ3v) is 8.72. The predicted molar refractivity (Wildman–Crippen MR) is 129 cm³/mol. The van der Waals surface area contributed by atoms with Gasteiger partial charge < -0.3 is 9.47 Å². The van der Waals surface area contributed by atoms with Gasteiger partial charge in [0.25, 0.3) is 5.91 Å². The largest absolute Gasteiger partial charge is 0.351 e. The minimum absolute atomic E-state index is 0.0272. The summed E-state index contributed by atoms with van der Waals surface area (Å²) in [5, 5.41) is 2.24. The van der Waals surface area contributed by atoms with Gasteiger partial charge >= 0.3 is 0 Å². The molecule has 0 atom stereocenters. The lowest BCUT2D eigenvalue weighted by molar-refractivity contribution is 0.0522. The normalized spacial score (nSPS) is 18.4. The number of aromatic nitrogens is 2. The topological polar surface area (TPSA) is 55.2 Å².